The lowest BCUT2D eigenvalue weighted by Gasteiger charge is -2.17. The molecule has 0 spiro atoms. The summed E-state index contributed by atoms with van der Waals surface area (Å²) in [6.07, 6.45) is -0.00964. The molecule has 17 heavy (non-hydrogen) atoms. The molecule has 1 aromatic rings. The van der Waals surface area contributed by atoms with E-state index >= 15 is 0 Å². The zero-order chi connectivity index (χ0) is 12.5. The van der Waals surface area contributed by atoms with Crippen molar-refractivity contribution in [2.24, 2.45) is 0 Å². The first-order chi connectivity index (χ1) is 7.96. The average Bonchev–Trinajstić information content (AvgIpc) is 2.60. The van der Waals surface area contributed by atoms with E-state index in [-0.39, 0.29) is 6.10 Å². The molecule has 0 unspecified atom stereocenters. The van der Waals surface area contributed by atoms with Gasteiger partial charge in [0.15, 0.2) is 10.9 Å². The van der Waals surface area contributed by atoms with Gasteiger partial charge in [0, 0.05) is 6.54 Å². The van der Waals surface area contributed by atoms with Crippen LogP contribution >= 0.6 is 11.6 Å². The molecule has 7 heteroatoms. The molecule has 1 aromatic heterocycles. The molecule has 1 aliphatic heterocycles. The standard InChI is InChI=1S/C10H15ClN4O2/c1-6-8(11)14-15-9(13-6)12-4-7-5-16-10(2,3)17-7/h7H,4-5H2,1-3H3,(H,12,13,15)/t7-/m0/s1. The average molecular weight is 259 g/mol. The Morgan fingerprint density at radius 3 is 2.82 bits per heavy atom. The quantitative estimate of drug-likeness (QED) is 0.884. The van der Waals surface area contributed by atoms with Gasteiger partial charge < -0.3 is 14.8 Å². The SMILES string of the molecule is Cc1nc(NC[C@H]2COC(C)(C)O2)nnc1Cl. The minimum Gasteiger partial charge on any atom is -0.350 e. The van der Waals surface area contributed by atoms with Crippen LogP contribution in [0, 0.1) is 6.92 Å². The molecule has 1 saturated heterocycles. The number of hydrogen-bond donors (Lipinski definition) is 1. The first-order valence-electron chi connectivity index (χ1n) is 5.39. The summed E-state index contributed by atoms with van der Waals surface area (Å²) in [4.78, 5) is 4.16. The van der Waals surface area contributed by atoms with Crippen LogP contribution in [0.2, 0.25) is 5.15 Å². The maximum atomic E-state index is 5.74. The third-order valence-electron chi connectivity index (χ3n) is 2.36. The summed E-state index contributed by atoms with van der Waals surface area (Å²) < 4.78 is 11.1. The van der Waals surface area contributed by atoms with E-state index in [0.29, 0.717) is 29.9 Å². The molecule has 1 fully saturated rings. The fourth-order valence-electron chi connectivity index (χ4n) is 1.53. The fraction of sp³-hybridized carbons (Fsp3) is 0.700. The van der Waals surface area contributed by atoms with Crippen LogP contribution in [0.15, 0.2) is 0 Å². The zero-order valence-electron chi connectivity index (χ0n) is 10.0. The molecule has 0 bridgehead atoms. The van der Waals surface area contributed by atoms with Gasteiger partial charge in [0.1, 0.15) is 6.10 Å². The smallest absolute Gasteiger partial charge is 0.243 e. The maximum absolute atomic E-state index is 5.74. The van der Waals surface area contributed by atoms with Gasteiger partial charge in [-0.2, -0.15) is 0 Å². The number of anilines is 1. The molecule has 0 saturated carbocycles. The lowest BCUT2D eigenvalue weighted by atomic mass is 10.4. The van der Waals surface area contributed by atoms with Gasteiger partial charge in [-0.3, -0.25) is 0 Å². The Bertz CT molecular complexity index is 413. The van der Waals surface area contributed by atoms with E-state index in [2.05, 4.69) is 20.5 Å². The first-order valence-corrected chi connectivity index (χ1v) is 5.76. The van der Waals surface area contributed by atoms with Gasteiger partial charge in [0.05, 0.1) is 12.3 Å². The lowest BCUT2D eigenvalue weighted by Crippen LogP contribution is -2.26. The number of nitrogens with one attached hydrogen (secondary N) is 1. The van der Waals surface area contributed by atoms with Crippen molar-refractivity contribution in [3.63, 3.8) is 0 Å². The van der Waals surface area contributed by atoms with Crippen molar-refractivity contribution < 1.29 is 9.47 Å². The summed E-state index contributed by atoms with van der Waals surface area (Å²) in [5, 5.41) is 11.0. The maximum Gasteiger partial charge on any atom is 0.243 e. The summed E-state index contributed by atoms with van der Waals surface area (Å²) in [6, 6.07) is 0. The van der Waals surface area contributed by atoms with E-state index in [4.69, 9.17) is 21.1 Å². The Labute approximate surface area is 105 Å². The van der Waals surface area contributed by atoms with E-state index in [9.17, 15) is 0 Å². The Morgan fingerprint density at radius 2 is 2.24 bits per heavy atom. The predicted octanol–water partition coefficient (Wildman–Crippen LogP) is 1.40. The van der Waals surface area contributed by atoms with Crippen LogP contribution in [0.25, 0.3) is 0 Å². The molecule has 0 aliphatic carbocycles. The highest BCUT2D eigenvalue weighted by Crippen LogP contribution is 2.22. The van der Waals surface area contributed by atoms with Crippen LogP contribution in [-0.4, -0.2) is 40.2 Å². The molecule has 0 radical (unpaired) electrons. The number of hydrogen-bond acceptors (Lipinski definition) is 6. The summed E-state index contributed by atoms with van der Waals surface area (Å²) >= 11 is 5.74. The summed E-state index contributed by atoms with van der Waals surface area (Å²) in [5.74, 6) is -0.0679. The van der Waals surface area contributed by atoms with Crippen LogP contribution in [0.5, 0.6) is 0 Å². The van der Waals surface area contributed by atoms with Gasteiger partial charge in [-0.1, -0.05) is 11.6 Å². The first kappa shape index (κ1) is 12.5. The minimum absolute atomic E-state index is 0.00964. The van der Waals surface area contributed by atoms with Crippen molar-refractivity contribution in [1.29, 1.82) is 0 Å². The van der Waals surface area contributed by atoms with Gasteiger partial charge >= 0.3 is 0 Å². The molecule has 2 heterocycles. The normalized spacial score (nSPS) is 22.7. The molecule has 1 N–H and O–H groups in total. The zero-order valence-corrected chi connectivity index (χ0v) is 10.8. The van der Waals surface area contributed by atoms with Gasteiger partial charge in [-0.15, -0.1) is 10.2 Å². The van der Waals surface area contributed by atoms with Crippen molar-refractivity contribution in [3.8, 4) is 0 Å². The molecule has 0 amide bonds. The molecular formula is C10H15ClN4O2. The fourth-order valence-corrected chi connectivity index (χ4v) is 1.61. The minimum atomic E-state index is -0.513. The third kappa shape index (κ3) is 3.24. The second-order valence-electron chi connectivity index (χ2n) is 4.34. The van der Waals surface area contributed by atoms with E-state index < -0.39 is 5.79 Å². The second-order valence-corrected chi connectivity index (χ2v) is 4.70. The molecular weight excluding hydrogens is 244 g/mol. The number of aromatic nitrogens is 3. The van der Waals surface area contributed by atoms with Crippen LogP contribution < -0.4 is 5.32 Å². The third-order valence-corrected chi connectivity index (χ3v) is 2.71. The summed E-state index contributed by atoms with van der Waals surface area (Å²) in [5.41, 5.74) is 0.646. The number of aryl methyl sites for hydroxylation is 1. The highest BCUT2D eigenvalue weighted by atomic mass is 35.5. The van der Waals surface area contributed by atoms with Gasteiger partial charge in [-0.25, -0.2) is 4.98 Å². The van der Waals surface area contributed by atoms with Gasteiger partial charge in [-0.05, 0) is 20.8 Å². The summed E-state index contributed by atoms with van der Waals surface area (Å²) in [7, 11) is 0. The van der Waals surface area contributed by atoms with Crippen LogP contribution in [0.4, 0.5) is 5.95 Å². The van der Waals surface area contributed by atoms with E-state index in [1.54, 1.807) is 6.92 Å². The number of ether oxygens (including phenoxy) is 2. The van der Waals surface area contributed by atoms with Crippen LogP contribution in [0.1, 0.15) is 19.5 Å². The van der Waals surface area contributed by atoms with Crippen molar-refractivity contribution in [1.82, 2.24) is 15.2 Å². The number of halogens is 1. The Balaban J connectivity index is 1.88. The second kappa shape index (κ2) is 4.72. The lowest BCUT2D eigenvalue weighted by molar-refractivity contribution is -0.136. The summed E-state index contributed by atoms with van der Waals surface area (Å²) in [6.45, 7) is 6.68. The Kier molecular flexibility index (Phi) is 3.46. The van der Waals surface area contributed by atoms with E-state index in [1.807, 2.05) is 13.8 Å². The number of rotatable bonds is 3. The molecule has 2 rings (SSSR count). The molecule has 1 atom stereocenters. The topological polar surface area (TPSA) is 69.2 Å². The van der Waals surface area contributed by atoms with Crippen molar-refractivity contribution in [2.75, 3.05) is 18.5 Å². The monoisotopic (exact) mass is 258 g/mol. The molecule has 6 nitrogen and oxygen atoms in total. The largest absolute Gasteiger partial charge is 0.350 e. The Morgan fingerprint density at radius 1 is 1.47 bits per heavy atom. The predicted molar refractivity (Wildman–Crippen MR) is 63.0 cm³/mol. The highest BCUT2D eigenvalue weighted by molar-refractivity contribution is 6.29. The van der Waals surface area contributed by atoms with Gasteiger partial charge in [0.25, 0.3) is 0 Å². The molecule has 94 valence electrons. The van der Waals surface area contributed by atoms with Crippen molar-refractivity contribution >= 4 is 17.5 Å². The van der Waals surface area contributed by atoms with Crippen molar-refractivity contribution in [3.05, 3.63) is 10.8 Å². The highest BCUT2D eigenvalue weighted by Gasteiger charge is 2.32. The molecule has 1 aliphatic rings. The van der Waals surface area contributed by atoms with Crippen LogP contribution in [0.3, 0.4) is 0 Å². The molecule has 0 aromatic carbocycles. The van der Waals surface area contributed by atoms with Crippen molar-refractivity contribution in [2.45, 2.75) is 32.7 Å². The van der Waals surface area contributed by atoms with Crippen LogP contribution in [-0.2, 0) is 9.47 Å². The Hall–Kier alpha value is -0.980. The van der Waals surface area contributed by atoms with E-state index in [1.165, 1.54) is 0 Å². The number of nitrogens with zero attached hydrogens (tertiary/aromatic N) is 3. The van der Waals surface area contributed by atoms with Gasteiger partial charge in [0.2, 0.25) is 5.95 Å². The van der Waals surface area contributed by atoms with E-state index in [0.717, 1.165) is 0 Å².